The second-order valence-corrected chi connectivity index (χ2v) is 6.59. The first kappa shape index (κ1) is 19.6. The fourth-order valence-corrected chi connectivity index (χ4v) is 3.08. The number of benzene rings is 2. The average molecular weight is 415 g/mol. The Bertz CT molecular complexity index is 1250. The monoisotopic (exact) mass is 415 g/mol. The third-order valence-electron chi connectivity index (χ3n) is 4.70. The van der Waals surface area contributed by atoms with Crippen LogP contribution in [0, 0.1) is 0 Å². The maximum atomic E-state index is 12.7. The summed E-state index contributed by atoms with van der Waals surface area (Å²) in [6, 6.07) is 12.2. The van der Waals surface area contributed by atoms with E-state index in [9.17, 15) is 24.0 Å². The summed E-state index contributed by atoms with van der Waals surface area (Å²) >= 11 is 0. The summed E-state index contributed by atoms with van der Waals surface area (Å²) in [6.45, 7) is 0. The summed E-state index contributed by atoms with van der Waals surface area (Å²) in [5.41, 5.74) is 2.92. The third-order valence-corrected chi connectivity index (χ3v) is 4.70. The summed E-state index contributed by atoms with van der Waals surface area (Å²) in [7, 11) is 0. The lowest BCUT2D eigenvalue weighted by molar-refractivity contribution is 0.0517. The molecule has 1 aliphatic heterocycles. The van der Waals surface area contributed by atoms with E-state index in [4.69, 9.17) is 5.11 Å². The number of hydrogen-bond acceptors (Lipinski definition) is 6. The Morgan fingerprint density at radius 3 is 1.97 bits per heavy atom. The topological polar surface area (TPSA) is 134 Å². The number of carbonyl (C=O) groups excluding carboxylic acids is 4. The molecule has 3 amide bonds. The Balaban J connectivity index is 1.58. The van der Waals surface area contributed by atoms with Crippen molar-refractivity contribution in [2.45, 2.75) is 0 Å². The van der Waals surface area contributed by atoms with Gasteiger partial charge in [-0.3, -0.25) is 29.6 Å². The van der Waals surface area contributed by atoms with Crippen LogP contribution >= 0.6 is 0 Å². The van der Waals surface area contributed by atoms with Crippen LogP contribution in [0.3, 0.4) is 0 Å². The number of imide groups is 1. The summed E-state index contributed by atoms with van der Waals surface area (Å²) in [5.74, 6) is -3.70. The van der Waals surface area contributed by atoms with Gasteiger partial charge in [-0.05, 0) is 36.4 Å². The van der Waals surface area contributed by atoms with Crippen LogP contribution < -0.4 is 5.43 Å². The molecule has 9 heteroatoms. The van der Waals surface area contributed by atoms with E-state index < -0.39 is 29.5 Å². The molecule has 1 aromatic heterocycles. The summed E-state index contributed by atoms with van der Waals surface area (Å²) in [6.07, 6.45) is 2.80. The molecule has 4 rings (SSSR count). The SMILES string of the molecule is O=C(O)c1ccc(C(=O)c2ccc3c(c2)C(=O)N(NC(=O)c2ccncc2)C3=O)cc1. The fraction of sp³-hybridized carbons (Fsp3) is 0. The maximum absolute atomic E-state index is 12.7. The van der Waals surface area contributed by atoms with Gasteiger partial charge in [0.15, 0.2) is 5.78 Å². The smallest absolute Gasteiger partial charge is 0.335 e. The number of amides is 3. The van der Waals surface area contributed by atoms with Gasteiger partial charge in [0.05, 0.1) is 16.7 Å². The van der Waals surface area contributed by atoms with Crippen molar-refractivity contribution in [3.05, 3.63) is 100 Å². The Labute approximate surface area is 174 Å². The first-order chi connectivity index (χ1) is 14.9. The minimum absolute atomic E-state index is 0.0203. The highest BCUT2D eigenvalue weighted by Gasteiger charge is 2.37. The van der Waals surface area contributed by atoms with Crippen molar-refractivity contribution >= 4 is 29.5 Å². The van der Waals surface area contributed by atoms with E-state index in [0.29, 0.717) is 5.01 Å². The van der Waals surface area contributed by atoms with Crippen LogP contribution in [0.15, 0.2) is 67.0 Å². The second-order valence-electron chi connectivity index (χ2n) is 6.59. The summed E-state index contributed by atoms with van der Waals surface area (Å²) < 4.78 is 0. The van der Waals surface area contributed by atoms with Crippen LogP contribution in [0.25, 0.3) is 0 Å². The lowest BCUT2D eigenvalue weighted by atomic mass is 9.98. The minimum Gasteiger partial charge on any atom is -0.478 e. The molecule has 3 aromatic rings. The van der Waals surface area contributed by atoms with E-state index in [1.165, 1.54) is 67.0 Å². The first-order valence-electron chi connectivity index (χ1n) is 8.98. The van der Waals surface area contributed by atoms with Crippen molar-refractivity contribution in [3.8, 4) is 0 Å². The number of nitrogens with one attached hydrogen (secondary N) is 1. The molecule has 152 valence electrons. The van der Waals surface area contributed by atoms with Gasteiger partial charge >= 0.3 is 5.97 Å². The van der Waals surface area contributed by atoms with Gasteiger partial charge in [0, 0.05) is 29.1 Å². The molecule has 31 heavy (non-hydrogen) atoms. The Morgan fingerprint density at radius 2 is 1.32 bits per heavy atom. The van der Waals surface area contributed by atoms with E-state index in [1.54, 1.807) is 0 Å². The van der Waals surface area contributed by atoms with Crippen LogP contribution in [-0.4, -0.2) is 44.6 Å². The number of carbonyl (C=O) groups is 5. The van der Waals surface area contributed by atoms with E-state index in [2.05, 4.69) is 10.4 Å². The van der Waals surface area contributed by atoms with Crippen LogP contribution in [0.4, 0.5) is 0 Å². The number of hydrazine groups is 1. The number of carboxylic acid groups (broad SMARTS) is 1. The van der Waals surface area contributed by atoms with Crippen LogP contribution in [0.2, 0.25) is 0 Å². The Kier molecular flexibility index (Phi) is 4.84. The normalized spacial score (nSPS) is 12.5. The number of aromatic carboxylic acids is 1. The first-order valence-corrected chi connectivity index (χ1v) is 8.98. The number of pyridine rings is 1. The van der Waals surface area contributed by atoms with Crippen molar-refractivity contribution in [1.82, 2.24) is 15.4 Å². The zero-order valence-corrected chi connectivity index (χ0v) is 15.7. The number of carboxylic acids is 1. The molecule has 2 heterocycles. The third kappa shape index (κ3) is 3.55. The molecule has 0 bridgehead atoms. The molecule has 2 N–H and O–H groups in total. The molecule has 0 aliphatic carbocycles. The van der Waals surface area contributed by atoms with E-state index in [-0.39, 0.29) is 33.4 Å². The highest BCUT2D eigenvalue weighted by atomic mass is 16.4. The molecule has 0 unspecified atom stereocenters. The van der Waals surface area contributed by atoms with Crippen LogP contribution in [0.5, 0.6) is 0 Å². The number of ketones is 1. The summed E-state index contributed by atoms with van der Waals surface area (Å²) in [4.78, 5) is 65.0. The van der Waals surface area contributed by atoms with E-state index in [1.807, 2.05) is 0 Å². The Morgan fingerprint density at radius 1 is 0.742 bits per heavy atom. The molecule has 0 saturated carbocycles. The molecule has 9 nitrogen and oxygen atoms in total. The lowest BCUT2D eigenvalue weighted by Crippen LogP contribution is -2.45. The van der Waals surface area contributed by atoms with Gasteiger partial charge in [0.25, 0.3) is 17.7 Å². The van der Waals surface area contributed by atoms with Gasteiger partial charge in [0.1, 0.15) is 0 Å². The van der Waals surface area contributed by atoms with E-state index in [0.717, 1.165) is 0 Å². The van der Waals surface area contributed by atoms with Crippen molar-refractivity contribution < 1.29 is 29.1 Å². The number of nitrogens with zero attached hydrogens (tertiary/aromatic N) is 2. The molecule has 2 aromatic carbocycles. The predicted molar refractivity (Wildman–Crippen MR) is 105 cm³/mol. The molecular weight excluding hydrogens is 402 g/mol. The average Bonchev–Trinajstić information content (AvgIpc) is 3.03. The molecule has 0 spiro atoms. The molecule has 0 radical (unpaired) electrons. The van der Waals surface area contributed by atoms with Gasteiger partial charge < -0.3 is 5.11 Å². The van der Waals surface area contributed by atoms with E-state index >= 15 is 0 Å². The van der Waals surface area contributed by atoms with Gasteiger partial charge in [-0.2, -0.15) is 5.01 Å². The lowest BCUT2D eigenvalue weighted by Gasteiger charge is -2.14. The molecular formula is C22H13N3O6. The molecule has 0 fully saturated rings. The standard InChI is InChI=1S/C22H13N3O6/c26-18(12-1-3-14(4-2-12)22(30)31)15-5-6-16-17(11-15)21(29)25(20(16)28)24-19(27)13-7-9-23-10-8-13/h1-11H,(H,24,27)(H,30,31). The fourth-order valence-electron chi connectivity index (χ4n) is 3.08. The van der Waals surface area contributed by atoms with Crippen molar-refractivity contribution in [2.24, 2.45) is 0 Å². The van der Waals surface area contributed by atoms with Gasteiger partial charge in [-0.1, -0.05) is 18.2 Å². The summed E-state index contributed by atoms with van der Waals surface area (Å²) in [5, 5.41) is 9.56. The second kappa shape index (κ2) is 7.64. The van der Waals surface area contributed by atoms with Crippen molar-refractivity contribution in [2.75, 3.05) is 0 Å². The zero-order chi connectivity index (χ0) is 22.1. The van der Waals surface area contributed by atoms with Gasteiger partial charge in [-0.15, -0.1) is 0 Å². The maximum Gasteiger partial charge on any atom is 0.335 e. The highest BCUT2D eigenvalue weighted by Crippen LogP contribution is 2.24. The molecule has 1 aliphatic rings. The predicted octanol–water partition coefficient (Wildman–Crippen LogP) is 1.95. The zero-order valence-electron chi connectivity index (χ0n) is 15.7. The number of aromatic nitrogens is 1. The van der Waals surface area contributed by atoms with Gasteiger partial charge in [-0.25, -0.2) is 4.79 Å². The van der Waals surface area contributed by atoms with Crippen molar-refractivity contribution in [1.29, 1.82) is 0 Å². The largest absolute Gasteiger partial charge is 0.478 e. The number of hydrogen-bond donors (Lipinski definition) is 2. The van der Waals surface area contributed by atoms with Crippen LogP contribution in [-0.2, 0) is 0 Å². The Hall–Kier alpha value is -4.66. The molecule has 0 atom stereocenters. The highest BCUT2D eigenvalue weighted by molar-refractivity contribution is 6.23. The van der Waals surface area contributed by atoms with Crippen molar-refractivity contribution in [3.63, 3.8) is 0 Å². The quantitative estimate of drug-likeness (QED) is 0.480. The number of rotatable bonds is 5. The van der Waals surface area contributed by atoms with Gasteiger partial charge in [0.2, 0.25) is 0 Å². The molecule has 0 saturated heterocycles. The van der Waals surface area contributed by atoms with Crippen LogP contribution in [0.1, 0.15) is 57.4 Å². The number of fused-ring (bicyclic) bond motifs is 1. The minimum atomic E-state index is -1.12.